The van der Waals surface area contributed by atoms with E-state index >= 15 is 0 Å². The second-order valence-corrected chi connectivity index (χ2v) is 10.5. The van der Waals surface area contributed by atoms with E-state index in [0.717, 1.165) is 11.3 Å². The number of aromatic nitrogens is 1. The molecule has 0 bridgehead atoms. The summed E-state index contributed by atoms with van der Waals surface area (Å²) in [7, 11) is 1.30. The number of thioether (sulfide) groups is 1. The molecule has 0 aliphatic carbocycles. The van der Waals surface area contributed by atoms with Crippen LogP contribution in [0.5, 0.6) is 0 Å². The van der Waals surface area contributed by atoms with Crippen LogP contribution < -0.4 is 11.1 Å². The number of halogens is 1. The summed E-state index contributed by atoms with van der Waals surface area (Å²) >= 11 is 2.50. The van der Waals surface area contributed by atoms with Crippen molar-refractivity contribution in [1.82, 2.24) is 15.2 Å². The first-order chi connectivity index (χ1) is 17.1. The number of carbonyl (C=O) groups excluding carboxylic acids is 3. The molecule has 1 fully saturated rings. The zero-order chi connectivity index (χ0) is 26.4. The summed E-state index contributed by atoms with van der Waals surface area (Å²) in [6, 6.07) is -0.791. The smallest absolute Gasteiger partial charge is 0.336 e. The first-order valence-electron chi connectivity index (χ1n) is 11.3. The number of ether oxygens (including phenoxy) is 3. The Kier molecular flexibility index (Phi) is 11.6. The van der Waals surface area contributed by atoms with Gasteiger partial charge in [-0.3, -0.25) is 9.59 Å². The van der Waals surface area contributed by atoms with Gasteiger partial charge in [0, 0.05) is 17.3 Å². The second-order valence-electron chi connectivity index (χ2n) is 8.54. The van der Waals surface area contributed by atoms with Crippen LogP contribution in [0.25, 0.3) is 0 Å². The van der Waals surface area contributed by atoms with Crippen molar-refractivity contribution < 1.29 is 33.4 Å². The zero-order valence-electron chi connectivity index (χ0n) is 21.2. The van der Waals surface area contributed by atoms with Gasteiger partial charge in [-0.1, -0.05) is 5.16 Å². The summed E-state index contributed by atoms with van der Waals surface area (Å²) in [6.07, 6.45) is 0.847. The average Bonchev–Trinajstić information content (AvgIpc) is 3.27. The minimum absolute atomic E-state index is 0. The van der Waals surface area contributed by atoms with Gasteiger partial charge < -0.3 is 35.0 Å². The summed E-state index contributed by atoms with van der Waals surface area (Å²) in [5.41, 5.74) is 6.15. The number of hydrogen-bond acceptors (Lipinski definition) is 12. The van der Waals surface area contributed by atoms with Crippen LogP contribution >= 0.6 is 35.5 Å². The molecule has 2 aliphatic heterocycles. The molecule has 12 nitrogen and oxygen atoms in total. The van der Waals surface area contributed by atoms with E-state index in [2.05, 4.69) is 15.5 Å². The van der Waals surface area contributed by atoms with E-state index in [4.69, 9.17) is 24.8 Å². The number of fused-ring (bicyclic) bond motifs is 1. The highest BCUT2D eigenvalue weighted by Crippen LogP contribution is 2.36. The molecule has 0 aromatic carbocycles. The van der Waals surface area contributed by atoms with Crippen LogP contribution in [0.3, 0.4) is 0 Å². The summed E-state index contributed by atoms with van der Waals surface area (Å²) < 4.78 is 16.8. The molecule has 0 radical (unpaired) electrons. The lowest BCUT2D eigenvalue weighted by atomic mass is 10.1. The Balaban J connectivity index is 0.00000481. The van der Waals surface area contributed by atoms with Gasteiger partial charge in [0.15, 0.2) is 10.8 Å². The lowest BCUT2D eigenvalue weighted by Gasteiger charge is -2.47. The van der Waals surface area contributed by atoms with Crippen molar-refractivity contribution in [3.63, 3.8) is 0 Å². The number of esters is 1. The van der Waals surface area contributed by atoms with E-state index < -0.39 is 24.0 Å². The molecule has 2 aliphatic rings. The van der Waals surface area contributed by atoms with Gasteiger partial charge in [0.1, 0.15) is 30.3 Å². The number of carbonyl (C=O) groups is 3. The molecule has 2 amide bonds. The maximum Gasteiger partial charge on any atom is 0.336 e. The van der Waals surface area contributed by atoms with Crippen molar-refractivity contribution in [3.05, 3.63) is 22.8 Å². The highest BCUT2D eigenvalue weighted by Gasteiger charge is 2.50. The quantitative estimate of drug-likeness (QED) is 0.162. The molecule has 0 saturated carbocycles. The summed E-state index contributed by atoms with van der Waals surface area (Å²) in [5, 5.41) is 7.88. The Morgan fingerprint density at radius 3 is 2.43 bits per heavy atom. The molecule has 2 atom stereocenters. The van der Waals surface area contributed by atoms with Crippen LogP contribution in [0, 0.1) is 0 Å². The molecule has 1 unspecified atom stereocenters. The molecular weight excluding hydrogens is 546 g/mol. The SMILES string of the molecule is CON=C(C(=O)NC1C(=O)N2C=C(C(=O)OC(COC(C)C)COC(C)C)CS[C@H]12)c1csc(N)n1.Cl. The first kappa shape index (κ1) is 30.8. The molecule has 3 N–H and O–H groups in total. The van der Waals surface area contributed by atoms with Gasteiger partial charge >= 0.3 is 5.97 Å². The Hall–Kier alpha value is -2.39. The van der Waals surface area contributed by atoms with Crippen LogP contribution in [0.4, 0.5) is 5.13 Å². The van der Waals surface area contributed by atoms with Crippen LogP contribution in [0.1, 0.15) is 33.4 Å². The summed E-state index contributed by atoms with van der Waals surface area (Å²) in [5.74, 6) is -1.21. The molecular formula is C22H32ClN5O7S2. The maximum absolute atomic E-state index is 12.8. The first-order valence-corrected chi connectivity index (χ1v) is 13.3. The third-order valence-corrected chi connectivity index (χ3v) is 6.99. The minimum Gasteiger partial charge on any atom is -0.454 e. The fourth-order valence-corrected chi connectivity index (χ4v) is 5.06. The lowest BCUT2D eigenvalue weighted by molar-refractivity contribution is -0.154. The molecule has 3 rings (SSSR count). The van der Waals surface area contributed by atoms with Crippen LogP contribution in [0.15, 0.2) is 22.3 Å². The number of nitrogens with two attached hydrogens (primary N) is 1. The molecule has 206 valence electrons. The fraction of sp³-hybridized carbons (Fsp3) is 0.591. The van der Waals surface area contributed by atoms with Crippen molar-refractivity contribution in [3.8, 4) is 0 Å². The highest BCUT2D eigenvalue weighted by molar-refractivity contribution is 8.00. The normalized spacial score (nSPS) is 19.2. The second kappa shape index (κ2) is 14.0. The number of nitrogens with zero attached hydrogens (tertiary/aromatic N) is 3. The molecule has 3 heterocycles. The largest absolute Gasteiger partial charge is 0.454 e. The molecule has 1 aromatic rings. The lowest BCUT2D eigenvalue weighted by Crippen LogP contribution is -2.69. The predicted molar refractivity (Wildman–Crippen MR) is 142 cm³/mol. The minimum atomic E-state index is -0.791. The van der Waals surface area contributed by atoms with Gasteiger partial charge in [0.2, 0.25) is 0 Å². The number of thiazole rings is 1. The Morgan fingerprint density at radius 2 is 1.89 bits per heavy atom. The van der Waals surface area contributed by atoms with Crippen LogP contribution in [0.2, 0.25) is 0 Å². The fourth-order valence-electron chi connectivity index (χ4n) is 3.27. The van der Waals surface area contributed by atoms with Crippen molar-refractivity contribution in [1.29, 1.82) is 0 Å². The number of nitrogen functional groups attached to an aromatic ring is 1. The zero-order valence-corrected chi connectivity index (χ0v) is 23.6. The van der Waals surface area contributed by atoms with Crippen molar-refractivity contribution in [2.24, 2.45) is 5.16 Å². The van der Waals surface area contributed by atoms with Gasteiger partial charge in [-0.05, 0) is 27.7 Å². The van der Waals surface area contributed by atoms with Crippen LogP contribution in [-0.2, 0) is 33.4 Å². The van der Waals surface area contributed by atoms with Gasteiger partial charge in [-0.15, -0.1) is 35.5 Å². The molecule has 1 saturated heterocycles. The number of rotatable bonds is 12. The van der Waals surface area contributed by atoms with Gasteiger partial charge in [-0.2, -0.15) is 0 Å². The van der Waals surface area contributed by atoms with Gasteiger partial charge in [-0.25, -0.2) is 9.78 Å². The van der Waals surface area contributed by atoms with E-state index in [0.29, 0.717) is 11.3 Å². The molecule has 1 aromatic heterocycles. The molecule has 0 spiro atoms. The molecule has 15 heteroatoms. The predicted octanol–water partition coefficient (Wildman–Crippen LogP) is 1.54. The third kappa shape index (κ3) is 8.04. The van der Waals surface area contributed by atoms with E-state index in [1.54, 1.807) is 5.38 Å². The van der Waals surface area contributed by atoms with Gasteiger partial charge in [0.25, 0.3) is 11.8 Å². The summed E-state index contributed by atoms with van der Waals surface area (Å²) in [4.78, 5) is 48.5. The maximum atomic E-state index is 12.8. The number of amides is 2. The van der Waals surface area contributed by atoms with Crippen molar-refractivity contribution >= 4 is 64.1 Å². The van der Waals surface area contributed by atoms with E-state index in [-0.39, 0.29) is 65.6 Å². The topological polar surface area (TPSA) is 155 Å². The standard InChI is InChI=1S/C22H31N5O7S2.ClH/c1-11(2)32-7-14(8-33-12(3)4)34-21(30)13-6-27-19(29)17(20(27)35-9-13)25-18(28)16(26-31-5)15-10-36-22(23)24-15;/h6,10-12,14,17,20H,7-9H2,1-5H3,(H2,23,24)(H,25,28);1H/t17?,20-;/m1./s1. The Bertz CT molecular complexity index is 1020. The van der Waals surface area contributed by atoms with Crippen molar-refractivity contribution in [2.75, 3.05) is 31.8 Å². The number of hydrogen-bond donors (Lipinski definition) is 2. The number of nitrogens with one attached hydrogen (secondary N) is 1. The average molecular weight is 578 g/mol. The summed E-state index contributed by atoms with van der Waals surface area (Å²) in [6.45, 7) is 7.97. The molecule has 37 heavy (non-hydrogen) atoms. The van der Waals surface area contributed by atoms with Crippen molar-refractivity contribution in [2.45, 2.75) is 57.4 Å². The van der Waals surface area contributed by atoms with E-state index in [1.165, 1.54) is 30.0 Å². The van der Waals surface area contributed by atoms with Crippen LogP contribution in [-0.4, -0.2) is 89.2 Å². The number of β-lactam (4-membered cyclic amide) rings is 1. The van der Waals surface area contributed by atoms with E-state index in [1.807, 2.05) is 27.7 Å². The Morgan fingerprint density at radius 1 is 1.24 bits per heavy atom. The highest BCUT2D eigenvalue weighted by atomic mass is 35.5. The van der Waals surface area contributed by atoms with E-state index in [9.17, 15) is 14.4 Å². The number of oxime groups is 1. The Labute approximate surface area is 229 Å². The number of anilines is 1. The third-order valence-electron chi connectivity index (χ3n) is 5.00. The monoisotopic (exact) mass is 577 g/mol. The van der Waals surface area contributed by atoms with Gasteiger partial charge in [0.05, 0.1) is 31.0 Å².